The summed E-state index contributed by atoms with van der Waals surface area (Å²) in [5.74, 6) is 0.0418. The highest BCUT2D eigenvalue weighted by atomic mass is 16.3. The first-order chi connectivity index (χ1) is 13.7. The number of aliphatic hydroxyl groups is 1. The minimum absolute atomic E-state index is 0.0418. The van der Waals surface area contributed by atoms with Crippen molar-refractivity contribution in [2.45, 2.75) is 13.3 Å². The van der Waals surface area contributed by atoms with Crippen LogP contribution in [0.15, 0.2) is 85.5 Å². The van der Waals surface area contributed by atoms with Crippen LogP contribution in [0.1, 0.15) is 24.6 Å². The molecule has 0 radical (unpaired) electrons. The second kappa shape index (κ2) is 7.61. The van der Waals surface area contributed by atoms with E-state index in [9.17, 15) is 5.11 Å². The van der Waals surface area contributed by atoms with Crippen LogP contribution in [0, 0.1) is 0 Å². The van der Waals surface area contributed by atoms with Gasteiger partial charge in [0.2, 0.25) is 0 Å². The summed E-state index contributed by atoms with van der Waals surface area (Å²) in [7, 11) is 0. The van der Waals surface area contributed by atoms with Gasteiger partial charge in [-0.1, -0.05) is 92.4 Å². The lowest BCUT2D eigenvalue weighted by molar-refractivity contribution is 0.511. The molecule has 0 spiro atoms. The second-order valence-corrected chi connectivity index (χ2v) is 6.81. The van der Waals surface area contributed by atoms with Crippen LogP contribution in [-0.2, 0) is 0 Å². The minimum Gasteiger partial charge on any atom is -0.506 e. The van der Waals surface area contributed by atoms with E-state index in [1.165, 1.54) is 11.1 Å². The molecule has 3 aromatic carbocycles. The van der Waals surface area contributed by atoms with Crippen LogP contribution in [0.2, 0.25) is 0 Å². The van der Waals surface area contributed by atoms with Gasteiger partial charge in [0.05, 0.1) is 5.69 Å². The van der Waals surface area contributed by atoms with Crippen LogP contribution in [0.4, 0.5) is 0 Å². The number of aromatic nitrogens is 1. The molecule has 0 amide bonds. The van der Waals surface area contributed by atoms with Crippen LogP contribution in [0.25, 0.3) is 45.0 Å². The highest BCUT2D eigenvalue weighted by molar-refractivity contribution is 6.04. The van der Waals surface area contributed by atoms with Gasteiger partial charge in [0.1, 0.15) is 5.76 Å². The normalized spacial score (nSPS) is 11.3. The zero-order valence-electron chi connectivity index (χ0n) is 15.9. The Kier molecular flexibility index (Phi) is 4.86. The van der Waals surface area contributed by atoms with Crippen molar-refractivity contribution in [3.63, 3.8) is 0 Å². The standard InChI is InChI=1S/C26H23NO/c1-3-4-11-19-12-5-6-13-20(19)21-14-7-8-15-22(21)25-23-16-9-10-17-24(23)27-26(25)18(2)28/h4-17,27-28H,2-3H2,1H3/b11-4-. The molecule has 1 aromatic heterocycles. The topological polar surface area (TPSA) is 36.0 Å². The fraction of sp³-hybridized carbons (Fsp3) is 0.0769. The molecule has 0 aliphatic rings. The first-order valence-corrected chi connectivity index (χ1v) is 9.55. The second-order valence-electron chi connectivity index (χ2n) is 6.81. The molecular weight excluding hydrogens is 342 g/mol. The van der Waals surface area contributed by atoms with E-state index in [0.717, 1.165) is 34.0 Å². The van der Waals surface area contributed by atoms with Crippen LogP contribution < -0.4 is 0 Å². The number of fused-ring (bicyclic) bond motifs is 1. The van der Waals surface area contributed by atoms with E-state index < -0.39 is 0 Å². The highest BCUT2D eigenvalue weighted by Gasteiger charge is 2.18. The number of allylic oxidation sites excluding steroid dienone is 1. The van der Waals surface area contributed by atoms with Gasteiger partial charge in [0, 0.05) is 16.5 Å². The third-order valence-electron chi connectivity index (χ3n) is 4.98. The molecule has 2 nitrogen and oxygen atoms in total. The van der Waals surface area contributed by atoms with Gasteiger partial charge in [-0.15, -0.1) is 0 Å². The Morgan fingerprint density at radius 1 is 0.893 bits per heavy atom. The molecule has 4 aromatic rings. The van der Waals surface area contributed by atoms with Crippen molar-refractivity contribution in [1.82, 2.24) is 4.98 Å². The highest BCUT2D eigenvalue weighted by Crippen LogP contribution is 2.41. The first kappa shape index (κ1) is 17.9. The summed E-state index contributed by atoms with van der Waals surface area (Å²) < 4.78 is 0. The molecule has 0 aliphatic heterocycles. The quantitative estimate of drug-likeness (QED) is 0.354. The smallest absolute Gasteiger partial charge is 0.132 e. The van der Waals surface area contributed by atoms with Crippen LogP contribution in [-0.4, -0.2) is 10.1 Å². The number of rotatable bonds is 5. The first-order valence-electron chi connectivity index (χ1n) is 9.55. The Morgan fingerprint density at radius 3 is 2.29 bits per heavy atom. The van der Waals surface area contributed by atoms with Gasteiger partial charge < -0.3 is 10.1 Å². The van der Waals surface area contributed by atoms with Gasteiger partial charge >= 0.3 is 0 Å². The summed E-state index contributed by atoms with van der Waals surface area (Å²) in [5.41, 5.74) is 7.18. The summed E-state index contributed by atoms with van der Waals surface area (Å²) in [5, 5.41) is 11.3. The Bertz CT molecular complexity index is 1180. The van der Waals surface area contributed by atoms with E-state index in [0.29, 0.717) is 5.69 Å². The molecule has 2 heteroatoms. The van der Waals surface area contributed by atoms with Gasteiger partial charge in [-0.05, 0) is 34.7 Å². The molecule has 28 heavy (non-hydrogen) atoms. The van der Waals surface area contributed by atoms with Gasteiger partial charge in [-0.2, -0.15) is 0 Å². The largest absolute Gasteiger partial charge is 0.506 e. The lowest BCUT2D eigenvalue weighted by Gasteiger charge is -2.13. The van der Waals surface area contributed by atoms with E-state index in [1.54, 1.807) is 0 Å². The Balaban J connectivity index is 2.02. The van der Waals surface area contributed by atoms with E-state index in [2.05, 4.69) is 79.2 Å². The maximum Gasteiger partial charge on any atom is 0.132 e. The zero-order chi connectivity index (χ0) is 19.5. The van der Waals surface area contributed by atoms with E-state index in [-0.39, 0.29) is 5.76 Å². The molecule has 138 valence electrons. The molecule has 0 unspecified atom stereocenters. The van der Waals surface area contributed by atoms with E-state index in [1.807, 2.05) is 24.3 Å². The van der Waals surface area contributed by atoms with Crippen molar-refractivity contribution in [2.24, 2.45) is 0 Å². The van der Waals surface area contributed by atoms with Gasteiger partial charge in [0.25, 0.3) is 0 Å². The zero-order valence-corrected chi connectivity index (χ0v) is 15.9. The van der Waals surface area contributed by atoms with Crippen molar-refractivity contribution >= 4 is 22.7 Å². The van der Waals surface area contributed by atoms with Gasteiger partial charge in [0.15, 0.2) is 0 Å². The number of para-hydroxylation sites is 1. The fourth-order valence-electron chi connectivity index (χ4n) is 3.71. The molecule has 0 saturated carbocycles. The molecule has 0 fully saturated rings. The number of aliphatic hydroxyl groups excluding tert-OH is 1. The fourth-order valence-corrected chi connectivity index (χ4v) is 3.71. The summed E-state index contributed by atoms with van der Waals surface area (Å²) in [6.07, 6.45) is 5.34. The van der Waals surface area contributed by atoms with E-state index >= 15 is 0 Å². The van der Waals surface area contributed by atoms with Crippen molar-refractivity contribution in [1.29, 1.82) is 0 Å². The number of aromatic amines is 1. The summed E-state index contributed by atoms with van der Waals surface area (Å²) in [6, 6.07) is 24.9. The number of benzene rings is 3. The molecule has 0 aliphatic carbocycles. The minimum atomic E-state index is 0.0418. The van der Waals surface area contributed by atoms with Crippen molar-refractivity contribution < 1.29 is 5.11 Å². The number of nitrogens with one attached hydrogen (secondary N) is 1. The lowest BCUT2D eigenvalue weighted by Crippen LogP contribution is -1.91. The SMILES string of the molecule is C=C(O)c1[nH]c2ccccc2c1-c1ccccc1-c1ccccc1/C=C\CC. The van der Waals surface area contributed by atoms with Crippen molar-refractivity contribution in [3.8, 4) is 22.3 Å². The number of H-pyrrole nitrogens is 1. The molecule has 2 N–H and O–H groups in total. The average molecular weight is 365 g/mol. The summed E-state index contributed by atoms with van der Waals surface area (Å²) in [6.45, 7) is 5.92. The molecule has 0 atom stereocenters. The number of hydrogen-bond donors (Lipinski definition) is 2. The third-order valence-corrected chi connectivity index (χ3v) is 4.98. The molecule has 0 bridgehead atoms. The van der Waals surface area contributed by atoms with Crippen molar-refractivity contribution in [2.75, 3.05) is 0 Å². The molecular formula is C26H23NO. The predicted molar refractivity (Wildman–Crippen MR) is 120 cm³/mol. The number of hydrogen-bond acceptors (Lipinski definition) is 1. The lowest BCUT2D eigenvalue weighted by atomic mass is 9.90. The predicted octanol–water partition coefficient (Wildman–Crippen LogP) is 7.45. The van der Waals surface area contributed by atoms with Crippen LogP contribution in [0.3, 0.4) is 0 Å². The maximum atomic E-state index is 10.3. The molecule has 4 rings (SSSR count). The van der Waals surface area contributed by atoms with Gasteiger partial charge in [-0.3, -0.25) is 0 Å². The maximum absolute atomic E-state index is 10.3. The Labute approximate surface area is 165 Å². The van der Waals surface area contributed by atoms with Gasteiger partial charge in [-0.25, -0.2) is 0 Å². The van der Waals surface area contributed by atoms with Crippen LogP contribution >= 0.6 is 0 Å². The Morgan fingerprint density at radius 2 is 1.54 bits per heavy atom. The summed E-state index contributed by atoms with van der Waals surface area (Å²) in [4.78, 5) is 3.33. The van der Waals surface area contributed by atoms with Crippen LogP contribution in [0.5, 0.6) is 0 Å². The van der Waals surface area contributed by atoms with Crippen molar-refractivity contribution in [3.05, 3.63) is 96.7 Å². The third kappa shape index (κ3) is 3.14. The van der Waals surface area contributed by atoms with E-state index in [4.69, 9.17) is 0 Å². The average Bonchev–Trinajstić information content (AvgIpc) is 3.12. The summed E-state index contributed by atoms with van der Waals surface area (Å²) >= 11 is 0. The molecule has 1 heterocycles. The Hall–Kier alpha value is -3.52. The molecule has 0 saturated heterocycles. The monoisotopic (exact) mass is 365 g/mol.